The highest BCUT2D eigenvalue weighted by Crippen LogP contribution is 2.19. The Bertz CT molecular complexity index is 295. The van der Waals surface area contributed by atoms with E-state index in [1.54, 1.807) is 0 Å². The van der Waals surface area contributed by atoms with Gasteiger partial charge in [-0.15, -0.1) is 0 Å². The molecule has 0 saturated heterocycles. The zero-order chi connectivity index (χ0) is 10.6. The Morgan fingerprint density at radius 2 is 2.07 bits per heavy atom. The summed E-state index contributed by atoms with van der Waals surface area (Å²) in [4.78, 5) is 0.176. The SMILES string of the molecule is CC(NC1CCCC1)=C(C#N)C(N)=S. The number of hydrogen-bond donors (Lipinski definition) is 2. The van der Waals surface area contributed by atoms with Gasteiger partial charge >= 0.3 is 0 Å². The number of nitrogens with one attached hydrogen (secondary N) is 1. The smallest absolute Gasteiger partial charge is 0.116 e. The van der Waals surface area contributed by atoms with Crippen LogP contribution >= 0.6 is 12.2 Å². The number of hydrogen-bond acceptors (Lipinski definition) is 3. The van der Waals surface area contributed by atoms with Gasteiger partial charge in [-0.1, -0.05) is 25.1 Å². The second-order valence-electron chi connectivity index (χ2n) is 3.60. The van der Waals surface area contributed by atoms with Crippen LogP contribution in [0.15, 0.2) is 11.3 Å². The van der Waals surface area contributed by atoms with E-state index < -0.39 is 0 Å². The largest absolute Gasteiger partial charge is 0.389 e. The molecule has 0 atom stereocenters. The lowest BCUT2D eigenvalue weighted by Crippen LogP contribution is -2.27. The van der Waals surface area contributed by atoms with Crippen LogP contribution in [0.3, 0.4) is 0 Å². The van der Waals surface area contributed by atoms with Gasteiger partial charge in [0.25, 0.3) is 0 Å². The van der Waals surface area contributed by atoms with Gasteiger partial charge in [0.15, 0.2) is 0 Å². The summed E-state index contributed by atoms with van der Waals surface area (Å²) < 4.78 is 0. The normalized spacial score (nSPS) is 18.6. The van der Waals surface area contributed by atoms with E-state index in [0.717, 1.165) is 5.70 Å². The quantitative estimate of drug-likeness (QED) is 0.421. The Hall–Kier alpha value is -1.08. The highest BCUT2D eigenvalue weighted by Gasteiger charge is 2.16. The van der Waals surface area contributed by atoms with E-state index in [0.29, 0.717) is 11.6 Å². The molecule has 1 rings (SSSR count). The first-order chi connectivity index (χ1) is 6.65. The molecule has 1 fully saturated rings. The monoisotopic (exact) mass is 209 g/mol. The maximum Gasteiger partial charge on any atom is 0.116 e. The Balaban J connectivity index is 2.66. The fourth-order valence-electron chi connectivity index (χ4n) is 1.77. The maximum atomic E-state index is 8.83. The van der Waals surface area contributed by atoms with Crippen molar-refractivity contribution in [3.63, 3.8) is 0 Å². The van der Waals surface area contributed by atoms with Crippen molar-refractivity contribution in [2.45, 2.75) is 38.6 Å². The molecule has 76 valence electrons. The zero-order valence-electron chi connectivity index (χ0n) is 8.34. The predicted molar refractivity (Wildman–Crippen MR) is 60.5 cm³/mol. The van der Waals surface area contributed by atoms with Crippen molar-refractivity contribution in [3.8, 4) is 6.07 Å². The zero-order valence-corrected chi connectivity index (χ0v) is 9.16. The first-order valence-electron chi connectivity index (χ1n) is 4.82. The van der Waals surface area contributed by atoms with E-state index in [2.05, 4.69) is 5.32 Å². The molecule has 0 radical (unpaired) electrons. The number of thiocarbonyl (C=S) groups is 1. The summed E-state index contributed by atoms with van der Waals surface area (Å²) in [5.74, 6) is 0. The van der Waals surface area contributed by atoms with Crippen LogP contribution in [0, 0.1) is 11.3 Å². The van der Waals surface area contributed by atoms with Crippen LogP contribution in [0.5, 0.6) is 0 Å². The molecule has 1 aliphatic carbocycles. The highest BCUT2D eigenvalue weighted by molar-refractivity contribution is 7.80. The summed E-state index contributed by atoms with van der Waals surface area (Å²) in [6, 6.07) is 2.52. The van der Waals surface area contributed by atoms with Crippen LogP contribution in [0.4, 0.5) is 0 Å². The minimum absolute atomic E-state index is 0.176. The summed E-state index contributed by atoms with van der Waals surface area (Å²) >= 11 is 4.79. The van der Waals surface area contributed by atoms with Gasteiger partial charge in [0.05, 0.1) is 0 Å². The third-order valence-corrected chi connectivity index (χ3v) is 2.71. The second-order valence-corrected chi connectivity index (χ2v) is 4.04. The third-order valence-electron chi connectivity index (χ3n) is 2.51. The van der Waals surface area contributed by atoms with Crippen LogP contribution in [-0.4, -0.2) is 11.0 Å². The molecular weight excluding hydrogens is 194 g/mol. The first-order valence-corrected chi connectivity index (χ1v) is 5.23. The molecule has 3 nitrogen and oxygen atoms in total. The Morgan fingerprint density at radius 1 is 1.50 bits per heavy atom. The van der Waals surface area contributed by atoms with E-state index in [9.17, 15) is 0 Å². The summed E-state index contributed by atoms with van der Waals surface area (Å²) in [7, 11) is 0. The summed E-state index contributed by atoms with van der Waals surface area (Å²) in [5.41, 5.74) is 6.65. The van der Waals surface area contributed by atoms with Crippen molar-refractivity contribution in [1.82, 2.24) is 5.32 Å². The van der Waals surface area contributed by atoms with E-state index in [4.69, 9.17) is 23.2 Å². The highest BCUT2D eigenvalue weighted by atomic mass is 32.1. The Morgan fingerprint density at radius 3 is 2.50 bits per heavy atom. The van der Waals surface area contributed by atoms with Gasteiger partial charge in [0, 0.05) is 11.7 Å². The molecule has 0 aliphatic heterocycles. The molecule has 1 aliphatic rings. The molecule has 0 aromatic carbocycles. The summed E-state index contributed by atoms with van der Waals surface area (Å²) in [5, 5.41) is 12.1. The van der Waals surface area contributed by atoms with Gasteiger partial charge in [-0.25, -0.2) is 0 Å². The summed E-state index contributed by atoms with van der Waals surface area (Å²) in [6.45, 7) is 1.86. The molecule has 0 spiro atoms. The van der Waals surface area contributed by atoms with Crippen LogP contribution in [-0.2, 0) is 0 Å². The molecule has 0 unspecified atom stereocenters. The molecular formula is C10H15N3S. The third kappa shape index (κ3) is 2.71. The minimum Gasteiger partial charge on any atom is -0.389 e. The number of allylic oxidation sites excluding steroid dienone is 1. The Labute approximate surface area is 90.0 Å². The van der Waals surface area contributed by atoms with Gasteiger partial charge in [0.1, 0.15) is 16.6 Å². The van der Waals surface area contributed by atoms with E-state index >= 15 is 0 Å². The fraction of sp³-hybridized carbons (Fsp3) is 0.600. The fourth-order valence-corrected chi connectivity index (χ4v) is 1.97. The van der Waals surface area contributed by atoms with Crippen LogP contribution < -0.4 is 11.1 Å². The lowest BCUT2D eigenvalue weighted by molar-refractivity contribution is 0.584. The van der Waals surface area contributed by atoms with Crippen molar-refractivity contribution in [2.75, 3.05) is 0 Å². The topological polar surface area (TPSA) is 61.8 Å². The second kappa shape index (κ2) is 4.97. The number of rotatable bonds is 3. The van der Waals surface area contributed by atoms with Gasteiger partial charge in [0.2, 0.25) is 0 Å². The molecule has 0 aromatic heterocycles. The molecule has 0 amide bonds. The van der Waals surface area contributed by atoms with Crippen molar-refractivity contribution in [1.29, 1.82) is 5.26 Å². The first kappa shape index (κ1) is 11.0. The Kier molecular flexibility index (Phi) is 3.90. The number of nitriles is 1. The lowest BCUT2D eigenvalue weighted by Gasteiger charge is -2.14. The molecule has 1 saturated carbocycles. The van der Waals surface area contributed by atoms with Crippen molar-refractivity contribution in [3.05, 3.63) is 11.3 Å². The average Bonchev–Trinajstić information content (AvgIpc) is 2.57. The van der Waals surface area contributed by atoms with E-state index in [1.807, 2.05) is 13.0 Å². The van der Waals surface area contributed by atoms with Crippen LogP contribution in [0.25, 0.3) is 0 Å². The van der Waals surface area contributed by atoms with Crippen molar-refractivity contribution in [2.24, 2.45) is 5.73 Å². The van der Waals surface area contributed by atoms with Crippen LogP contribution in [0.2, 0.25) is 0 Å². The molecule has 0 bridgehead atoms. The van der Waals surface area contributed by atoms with E-state index in [1.165, 1.54) is 25.7 Å². The standard InChI is InChI=1S/C10H15N3S/c1-7(9(6-11)10(12)14)13-8-4-2-3-5-8/h8,13H,2-5H2,1H3,(H2,12,14). The molecule has 0 aromatic rings. The van der Waals surface area contributed by atoms with Gasteiger partial charge in [-0.2, -0.15) is 5.26 Å². The van der Waals surface area contributed by atoms with E-state index in [-0.39, 0.29) is 4.99 Å². The molecule has 14 heavy (non-hydrogen) atoms. The lowest BCUT2D eigenvalue weighted by atomic mass is 10.2. The molecule has 0 heterocycles. The predicted octanol–water partition coefficient (Wildman–Crippen LogP) is 1.60. The van der Waals surface area contributed by atoms with Gasteiger partial charge < -0.3 is 11.1 Å². The molecule has 3 N–H and O–H groups in total. The number of nitrogens with zero attached hydrogens (tertiary/aromatic N) is 1. The summed E-state index contributed by atoms with van der Waals surface area (Å²) in [6.07, 6.45) is 4.88. The minimum atomic E-state index is 0.176. The number of nitrogens with two attached hydrogens (primary N) is 1. The average molecular weight is 209 g/mol. The van der Waals surface area contributed by atoms with Crippen molar-refractivity contribution < 1.29 is 0 Å². The maximum absolute atomic E-state index is 8.83. The van der Waals surface area contributed by atoms with Crippen molar-refractivity contribution >= 4 is 17.2 Å². The van der Waals surface area contributed by atoms with Gasteiger partial charge in [-0.05, 0) is 19.8 Å². The van der Waals surface area contributed by atoms with Gasteiger partial charge in [-0.3, -0.25) is 0 Å². The van der Waals surface area contributed by atoms with Crippen LogP contribution in [0.1, 0.15) is 32.6 Å². The molecule has 4 heteroatoms.